The molecule has 0 aliphatic heterocycles. The monoisotopic (exact) mass is 230 g/mol. The van der Waals surface area contributed by atoms with Gasteiger partial charge in [0.2, 0.25) is 0 Å². The summed E-state index contributed by atoms with van der Waals surface area (Å²) in [6.45, 7) is 0. The fourth-order valence-electron chi connectivity index (χ4n) is 1.86. The highest BCUT2D eigenvalue weighted by atomic mass is 19.1. The van der Waals surface area contributed by atoms with Crippen molar-refractivity contribution in [2.75, 3.05) is 0 Å². The first-order valence-electron chi connectivity index (χ1n) is 5.48. The van der Waals surface area contributed by atoms with Crippen molar-refractivity contribution in [1.82, 2.24) is 9.97 Å². The highest BCUT2D eigenvalue weighted by Gasteiger charge is 2.07. The lowest BCUT2D eigenvalue weighted by atomic mass is 10.2. The Hall–Kier alpha value is -2.10. The number of H-pyrrole nitrogens is 1. The Kier molecular flexibility index (Phi) is 2.40. The molecule has 0 aliphatic rings. The molecule has 0 radical (unpaired) electrons. The first-order valence-corrected chi connectivity index (χ1v) is 5.48. The number of benzene rings is 1. The number of aromatic amines is 1. The molecular formula is C13H11FN2O. The van der Waals surface area contributed by atoms with Crippen molar-refractivity contribution in [3.8, 4) is 0 Å². The van der Waals surface area contributed by atoms with Gasteiger partial charge in [0, 0.05) is 12.8 Å². The molecule has 2 heterocycles. The summed E-state index contributed by atoms with van der Waals surface area (Å²) in [7, 11) is 0. The van der Waals surface area contributed by atoms with Crippen LogP contribution in [-0.2, 0) is 12.8 Å². The lowest BCUT2D eigenvalue weighted by Crippen LogP contribution is -1.91. The minimum Gasteiger partial charge on any atom is -0.469 e. The number of para-hydroxylation sites is 1. The van der Waals surface area contributed by atoms with Crippen LogP contribution in [0, 0.1) is 5.82 Å². The molecule has 0 atom stereocenters. The van der Waals surface area contributed by atoms with Crippen LogP contribution < -0.4 is 0 Å². The molecular weight excluding hydrogens is 219 g/mol. The first-order chi connectivity index (χ1) is 8.33. The number of nitrogens with zero attached hydrogens (tertiary/aromatic N) is 1. The third-order valence-corrected chi connectivity index (χ3v) is 2.70. The van der Waals surface area contributed by atoms with Gasteiger partial charge in [0.25, 0.3) is 0 Å². The van der Waals surface area contributed by atoms with Crippen LogP contribution in [0.25, 0.3) is 11.0 Å². The van der Waals surface area contributed by atoms with E-state index in [1.54, 1.807) is 12.3 Å². The van der Waals surface area contributed by atoms with Crippen molar-refractivity contribution in [1.29, 1.82) is 0 Å². The second-order valence-electron chi connectivity index (χ2n) is 3.90. The molecule has 0 aliphatic carbocycles. The van der Waals surface area contributed by atoms with Crippen molar-refractivity contribution in [3.63, 3.8) is 0 Å². The third kappa shape index (κ3) is 1.93. The molecule has 0 saturated heterocycles. The van der Waals surface area contributed by atoms with Crippen LogP contribution in [0.3, 0.4) is 0 Å². The van der Waals surface area contributed by atoms with Crippen LogP contribution in [0.1, 0.15) is 11.6 Å². The molecule has 1 aromatic carbocycles. The van der Waals surface area contributed by atoms with Gasteiger partial charge >= 0.3 is 0 Å². The highest BCUT2D eigenvalue weighted by molar-refractivity contribution is 5.75. The van der Waals surface area contributed by atoms with Gasteiger partial charge in [-0.1, -0.05) is 6.07 Å². The molecule has 3 nitrogen and oxygen atoms in total. The Morgan fingerprint density at radius 1 is 1.18 bits per heavy atom. The number of imidazole rings is 1. The second-order valence-corrected chi connectivity index (χ2v) is 3.90. The van der Waals surface area contributed by atoms with Crippen LogP contribution in [-0.4, -0.2) is 9.97 Å². The molecule has 0 unspecified atom stereocenters. The molecule has 86 valence electrons. The third-order valence-electron chi connectivity index (χ3n) is 2.70. The lowest BCUT2D eigenvalue weighted by molar-refractivity contribution is 0.507. The Morgan fingerprint density at radius 2 is 2.12 bits per heavy atom. The van der Waals surface area contributed by atoms with E-state index < -0.39 is 0 Å². The Balaban J connectivity index is 1.84. The Bertz CT molecular complexity index is 628. The number of furan rings is 1. The number of fused-ring (bicyclic) bond motifs is 1. The van der Waals surface area contributed by atoms with Gasteiger partial charge in [-0.25, -0.2) is 9.37 Å². The zero-order valence-electron chi connectivity index (χ0n) is 9.11. The van der Waals surface area contributed by atoms with E-state index in [4.69, 9.17) is 4.42 Å². The average molecular weight is 230 g/mol. The van der Waals surface area contributed by atoms with Gasteiger partial charge in [-0.05, 0) is 24.3 Å². The number of halogens is 1. The van der Waals surface area contributed by atoms with Gasteiger partial charge < -0.3 is 9.40 Å². The van der Waals surface area contributed by atoms with Crippen LogP contribution in [0.15, 0.2) is 41.0 Å². The van der Waals surface area contributed by atoms with Crippen molar-refractivity contribution < 1.29 is 8.81 Å². The van der Waals surface area contributed by atoms with Gasteiger partial charge in [0.1, 0.15) is 17.1 Å². The van der Waals surface area contributed by atoms with Gasteiger partial charge in [-0.2, -0.15) is 0 Å². The zero-order chi connectivity index (χ0) is 11.7. The number of rotatable bonds is 3. The van der Waals surface area contributed by atoms with Gasteiger partial charge in [0.05, 0.1) is 11.8 Å². The fraction of sp³-hybridized carbons (Fsp3) is 0.154. The minimum absolute atomic E-state index is 0.289. The highest BCUT2D eigenvalue weighted by Crippen LogP contribution is 2.16. The molecule has 0 spiro atoms. The average Bonchev–Trinajstić information content (AvgIpc) is 2.95. The predicted octanol–water partition coefficient (Wildman–Crippen LogP) is 3.08. The van der Waals surface area contributed by atoms with Crippen LogP contribution in [0.2, 0.25) is 0 Å². The standard InChI is InChI=1S/C13H11FN2O/c14-10-4-1-5-11-13(10)16-12(15-11)7-6-9-3-2-8-17-9/h1-5,8H,6-7H2,(H,15,16). The molecule has 3 rings (SSSR count). The number of hydrogen-bond donors (Lipinski definition) is 1. The molecule has 1 N–H and O–H groups in total. The van der Waals surface area contributed by atoms with E-state index in [-0.39, 0.29) is 5.82 Å². The summed E-state index contributed by atoms with van der Waals surface area (Å²) in [6.07, 6.45) is 3.11. The van der Waals surface area contributed by atoms with Gasteiger partial charge in [0.15, 0.2) is 5.82 Å². The minimum atomic E-state index is -0.289. The van der Waals surface area contributed by atoms with Crippen molar-refractivity contribution in [2.24, 2.45) is 0 Å². The number of aryl methyl sites for hydroxylation is 2. The van der Waals surface area contributed by atoms with Gasteiger partial charge in [-0.3, -0.25) is 0 Å². The fourth-order valence-corrected chi connectivity index (χ4v) is 1.86. The molecule has 4 heteroatoms. The Labute approximate surface area is 97.3 Å². The quantitative estimate of drug-likeness (QED) is 0.751. The summed E-state index contributed by atoms with van der Waals surface area (Å²) in [5.74, 6) is 1.40. The zero-order valence-corrected chi connectivity index (χ0v) is 9.11. The topological polar surface area (TPSA) is 41.8 Å². The number of aromatic nitrogens is 2. The SMILES string of the molecule is Fc1cccc2[nH]c(CCc3ccco3)nc12. The van der Waals surface area contributed by atoms with E-state index in [0.29, 0.717) is 11.9 Å². The van der Waals surface area contributed by atoms with Crippen molar-refractivity contribution in [3.05, 3.63) is 54.0 Å². The molecule has 17 heavy (non-hydrogen) atoms. The van der Waals surface area contributed by atoms with Gasteiger partial charge in [-0.15, -0.1) is 0 Å². The second kappa shape index (κ2) is 4.05. The maximum Gasteiger partial charge on any atom is 0.151 e. The van der Waals surface area contributed by atoms with E-state index >= 15 is 0 Å². The maximum absolute atomic E-state index is 13.4. The molecule has 2 aromatic heterocycles. The van der Waals surface area contributed by atoms with Crippen LogP contribution in [0.5, 0.6) is 0 Å². The van der Waals surface area contributed by atoms with E-state index in [0.717, 1.165) is 23.5 Å². The number of hydrogen-bond acceptors (Lipinski definition) is 2. The molecule has 0 amide bonds. The normalized spacial score (nSPS) is 11.1. The van der Waals surface area contributed by atoms with Crippen molar-refractivity contribution >= 4 is 11.0 Å². The maximum atomic E-state index is 13.4. The first kappa shape index (κ1) is 10.1. The summed E-state index contributed by atoms with van der Waals surface area (Å²) >= 11 is 0. The summed E-state index contributed by atoms with van der Waals surface area (Å²) in [5, 5.41) is 0. The predicted molar refractivity (Wildman–Crippen MR) is 62.2 cm³/mol. The summed E-state index contributed by atoms with van der Waals surface area (Å²) in [5.41, 5.74) is 1.14. The largest absolute Gasteiger partial charge is 0.469 e. The summed E-state index contributed by atoms with van der Waals surface area (Å²) < 4.78 is 18.6. The molecule has 0 saturated carbocycles. The van der Waals surface area contributed by atoms with Crippen molar-refractivity contribution in [2.45, 2.75) is 12.8 Å². The molecule has 3 aromatic rings. The molecule has 0 bridgehead atoms. The summed E-state index contributed by atoms with van der Waals surface area (Å²) in [4.78, 5) is 7.35. The number of nitrogens with one attached hydrogen (secondary N) is 1. The van der Waals surface area contributed by atoms with E-state index in [1.165, 1.54) is 6.07 Å². The lowest BCUT2D eigenvalue weighted by Gasteiger charge is -1.93. The van der Waals surface area contributed by atoms with Crippen LogP contribution in [0.4, 0.5) is 4.39 Å². The summed E-state index contributed by atoms with van der Waals surface area (Å²) in [6, 6.07) is 8.68. The van der Waals surface area contributed by atoms with E-state index in [2.05, 4.69) is 9.97 Å². The smallest absolute Gasteiger partial charge is 0.151 e. The van der Waals surface area contributed by atoms with E-state index in [9.17, 15) is 4.39 Å². The van der Waals surface area contributed by atoms with E-state index in [1.807, 2.05) is 18.2 Å². The van der Waals surface area contributed by atoms with Crippen LogP contribution >= 0.6 is 0 Å². The molecule has 0 fully saturated rings. The Morgan fingerprint density at radius 3 is 2.88 bits per heavy atom.